The molecule has 0 aliphatic carbocycles. The van der Waals surface area contributed by atoms with Crippen molar-refractivity contribution < 1.29 is 9.72 Å². The second kappa shape index (κ2) is 8.58. The van der Waals surface area contributed by atoms with Crippen LogP contribution < -0.4 is 4.90 Å². The Morgan fingerprint density at radius 3 is 2.46 bits per heavy atom. The van der Waals surface area contributed by atoms with E-state index in [2.05, 4.69) is 4.90 Å². The molecule has 28 heavy (non-hydrogen) atoms. The lowest BCUT2D eigenvalue weighted by atomic mass is 10.1. The van der Waals surface area contributed by atoms with E-state index in [4.69, 9.17) is 11.6 Å². The van der Waals surface area contributed by atoms with Crippen molar-refractivity contribution in [2.75, 3.05) is 45.2 Å². The van der Waals surface area contributed by atoms with Crippen molar-refractivity contribution in [1.82, 2.24) is 9.80 Å². The number of non-ortho nitro benzene ring substituents is 1. The number of anilines is 1. The molecular weight excluding hydrogens is 380 g/mol. The summed E-state index contributed by atoms with van der Waals surface area (Å²) in [7, 11) is 3.64. The molecule has 1 heterocycles. The van der Waals surface area contributed by atoms with Crippen LogP contribution in [-0.2, 0) is 6.54 Å². The van der Waals surface area contributed by atoms with Gasteiger partial charge in [-0.1, -0.05) is 23.7 Å². The fourth-order valence-electron chi connectivity index (χ4n) is 3.37. The molecule has 0 N–H and O–H groups in total. The Bertz CT molecular complexity index is 880. The zero-order valence-electron chi connectivity index (χ0n) is 16.0. The van der Waals surface area contributed by atoms with E-state index in [0.29, 0.717) is 29.4 Å². The summed E-state index contributed by atoms with van der Waals surface area (Å²) in [5, 5.41) is 11.8. The molecule has 148 valence electrons. The minimum Gasteiger partial charge on any atom is -0.377 e. The summed E-state index contributed by atoms with van der Waals surface area (Å²) in [5.74, 6) is -0.171. The SMILES string of the molecule is CN(C)c1ccc([N+](=O)[O-])cc1C(=O)N1CCN(Cc2cccc(Cl)c2)CC1. The van der Waals surface area contributed by atoms with Crippen LogP contribution in [0.2, 0.25) is 5.02 Å². The zero-order chi connectivity index (χ0) is 20.3. The van der Waals surface area contributed by atoms with Crippen molar-refractivity contribution in [1.29, 1.82) is 0 Å². The molecular formula is C20H23ClN4O3. The molecule has 2 aromatic rings. The first-order valence-corrected chi connectivity index (χ1v) is 9.45. The number of piperazine rings is 1. The Kier molecular flexibility index (Phi) is 6.16. The topological polar surface area (TPSA) is 69.9 Å². The number of benzene rings is 2. The summed E-state index contributed by atoms with van der Waals surface area (Å²) < 4.78 is 0. The van der Waals surface area contributed by atoms with Crippen molar-refractivity contribution in [3.05, 3.63) is 68.7 Å². The van der Waals surface area contributed by atoms with Crippen LogP contribution in [-0.4, -0.2) is 60.9 Å². The Balaban J connectivity index is 1.69. The average Bonchev–Trinajstić information content (AvgIpc) is 2.67. The Morgan fingerprint density at radius 1 is 1.14 bits per heavy atom. The van der Waals surface area contributed by atoms with Crippen LogP contribution in [0.5, 0.6) is 0 Å². The monoisotopic (exact) mass is 402 g/mol. The van der Waals surface area contributed by atoms with Gasteiger partial charge in [-0.15, -0.1) is 0 Å². The largest absolute Gasteiger partial charge is 0.377 e. The van der Waals surface area contributed by atoms with Gasteiger partial charge in [0.1, 0.15) is 0 Å². The number of rotatable bonds is 5. The summed E-state index contributed by atoms with van der Waals surface area (Å²) in [6.45, 7) is 3.42. The summed E-state index contributed by atoms with van der Waals surface area (Å²) in [6.07, 6.45) is 0. The molecule has 0 unspecified atom stereocenters. The standard InChI is InChI=1S/C20H23ClN4O3/c1-22(2)19-7-6-17(25(27)28)13-18(19)20(26)24-10-8-23(9-11-24)14-15-4-3-5-16(21)12-15/h3-7,12-13H,8-11,14H2,1-2H3. The molecule has 0 saturated carbocycles. The summed E-state index contributed by atoms with van der Waals surface area (Å²) >= 11 is 6.05. The van der Waals surface area contributed by atoms with Crippen molar-refractivity contribution >= 4 is 28.9 Å². The number of nitro benzene ring substituents is 1. The molecule has 3 rings (SSSR count). The van der Waals surface area contributed by atoms with Crippen LogP contribution in [0.25, 0.3) is 0 Å². The van der Waals surface area contributed by atoms with Crippen LogP contribution in [0, 0.1) is 10.1 Å². The highest BCUT2D eigenvalue weighted by Gasteiger charge is 2.26. The van der Waals surface area contributed by atoms with Crippen molar-refractivity contribution in [3.8, 4) is 0 Å². The second-order valence-corrected chi connectivity index (χ2v) is 7.49. The lowest BCUT2D eigenvalue weighted by Gasteiger charge is -2.35. The first kappa shape index (κ1) is 20.1. The highest BCUT2D eigenvalue weighted by atomic mass is 35.5. The van der Waals surface area contributed by atoms with E-state index in [1.807, 2.05) is 38.4 Å². The molecule has 1 aliphatic rings. The van der Waals surface area contributed by atoms with E-state index >= 15 is 0 Å². The van der Waals surface area contributed by atoms with E-state index in [9.17, 15) is 14.9 Å². The van der Waals surface area contributed by atoms with E-state index in [0.717, 1.165) is 25.2 Å². The molecule has 0 atom stereocenters. The number of amides is 1. The number of carbonyl (C=O) groups is 1. The van der Waals surface area contributed by atoms with Crippen molar-refractivity contribution in [2.24, 2.45) is 0 Å². The van der Waals surface area contributed by atoms with Crippen LogP contribution in [0.1, 0.15) is 15.9 Å². The highest BCUT2D eigenvalue weighted by Crippen LogP contribution is 2.26. The molecule has 8 heteroatoms. The fraction of sp³-hybridized carbons (Fsp3) is 0.350. The highest BCUT2D eigenvalue weighted by molar-refractivity contribution is 6.30. The number of hydrogen-bond donors (Lipinski definition) is 0. The van der Waals surface area contributed by atoms with Crippen LogP contribution in [0.3, 0.4) is 0 Å². The molecule has 1 amide bonds. The third-order valence-corrected chi connectivity index (χ3v) is 5.09. The quantitative estimate of drug-likeness (QED) is 0.567. The van der Waals surface area contributed by atoms with Gasteiger partial charge in [0, 0.05) is 69.7 Å². The Morgan fingerprint density at radius 2 is 1.86 bits per heavy atom. The number of halogens is 1. The maximum absolute atomic E-state index is 13.1. The molecule has 2 aromatic carbocycles. The van der Waals surface area contributed by atoms with Gasteiger partial charge in [-0.25, -0.2) is 0 Å². The lowest BCUT2D eigenvalue weighted by molar-refractivity contribution is -0.384. The van der Waals surface area contributed by atoms with Crippen LogP contribution in [0.15, 0.2) is 42.5 Å². The Hall–Kier alpha value is -2.64. The summed E-state index contributed by atoms with van der Waals surface area (Å²) in [4.78, 5) is 29.5. The smallest absolute Gasteiger partial charge is 0.270 e. The van der Waals surface area contributed by atoms with Crippen molar-refractivity contribution in [2.45, 2.75) is 6.54 Å². The maximum Gasteiger partial charge on any atom is 0.270 e. The predicted octanol–water partition coefficient (Wildman–Crippen LogP) is 3.27. The zero-order valence-corrected chi connectivity index (χ0v) is 16.7. The van der Waals surface area contributed by atoms with Gasteiger partial charge >= 0.3 is 0 Å². The molecule has 1 saturated heterocycles. The summed E-state index contributed by atoms with van der Waals surface area (Å²) in [5.41, 5.74) is 2.11. The van der Waals surface area contributed by atoms with Gasteiger partial charge in [-0.3, -0.25) is 19.8 Å². The molecule has 0 aromatic heterocycles. The van der Waals surface area contributed by atoms with E-state index in [-0.39, 0.29) is 11.6 Å². The Labute approximate surface area is 169 Å². The van der Waals surface area contributed by atoms with Crippen LogP contribution in [0.4, 0.5) is 11.4 Å². The molecule has 1 fully saturated rings. The van der Waals surface area contributed by atoms with E-state index in [1.165, 1.54) is 12.1 Å². The molecule has 7 nitrogen and oxygen atoms in total. The van der Waals surface area contributed by atoms with Gasteiger partial charge in [0.15, 0.2) is 0 Å². The first-order chi connectivity index (χ1) is 13.3. The van der Waals surface area contributed by atoms with Gasteiger partial charge in [-0.05, 0) is 23.8 Å². The van der Waals surface area contributed by atoms with E-state index < -0.39 is 4.92 Å². The lowest BCUT2D eigenvalue weighted by Crippen LogP contribution is -2.48. The predicted molar refractivity (Wildman–Crippen MR) is 110 cm³/mol. The fourth-order valence-corrected chi connectivity index (χ4v) is 3.58. The third-order valence-electron chi connectivity index (χ3n) is 4.86. The minimum absolute atomic E-state index is 0.0754. The number of hydrogen-bond acceptors (Lipinski definition) is 5. The first-order valence-electron chi connectivity index (χ1n) is 9.07. The van der Waals surface area contributed by atoms with Gasteiger partial charge in [0.2, 0.25) is 0 Å². The maximum atomic E-state index is 13.1. The van der Waals surface area contributed by atoms with Gasteiger partial charge in [-0.2, -0.15) is 0 Å². The minimum atomic E-state index is -0.473. The average molecular weight is 403 g/mol. The van der Waals surface area contributed by atoms with Crippen LogP contribution >= 0.6 is 11.6 Å². The van der Waals surface area contributed by atoms with Crippen molar-refractivity contribution in [3.63, 3.8) is 0 Å². The van der Waals surface area contributed by atoms with Gasteiger partial charge in [0.25, 0.3) is 11.6 Å². The third kappa shape index (κ3) is 4.61. The molecule has 0 spiro atoms. The number of nitrogens with zero attached hydrogens (tertiary/aromatic N) is 4. The molecule has 0 radical (unpaired) electrons. The number of nitro groups is 1. The van der Waals surface area contributed by atoms with Gasteiger partial charge in [0.05, 0.1) is 10.5 Å². The second-order valence-electron chi connectivity index (χ2n) is 7.05. The normalized spacial score (nSPS) is 14.8. The summed E-state index contributed by atoms with van der Waals surface area (Å²) in [6, 6.07) is 12.2. The number of carbonyl (C=O) groups excluding carboxylic acids is 1. The molecule has 1 aliphatic heterocycles. The van der Waals surface area contributed by atoms with Gasteiger partial charge < -0.3 is 9.80 Å². The molecule has 0 bridgehead atoms. The van der Waals surface area contributed by atoms with E-state index in [1.54, 1.807) is 15.9 Å².